The lowest BCUT2D eigenvalue weighted by Gasteiger charge is -2.32. The van der Waals surface area contributed by atoms with Gasteiger partial charge in [0.15, 0.2) is 6.61 Å². The standard InChI is InChI=1S/C30H35BrN2O3/c1-20(2)32-30(35)27(17-24-9-7-6-8-10-24)33(18-25-11-13-26(31)14-12-25)29(34)19-36-28-16-21(3)15-22(4)23(28)5/h6-16,20,27H,17-19H2,1-5H3,(H,32,35)/t27-/m0/s1. The quantitative estimate of drug-likeness (QED) is 0.341. The predicted octanol–water partition coefficient (Wildman–Crippen LogP) is 5.92. The lowest BCUT2D eigenvalue weighted by atomic mass is 10.0. The van der Waals surface area contributed by atoms with Crippen LogP contribution < -0.4 is 10.1 Å². The van der Waals surface area contributed by atoms with Crippen molar-refractivity contribution in [2.75, 3.05) is 6.61 Å². The van der Waals surface area contributed by atoms with Crippen molar-refractivity contribution < 1.29 is 14.3 Å². The summed E-state index contributed by atoms with van der Waals surface area (Å²) in [5, 5.41) is 3.01. The number of hydrogen-bond acceptors (Lipinski definition) is 3. The average Bonchev–Trinajstić information content (AvgIpc) is 2.83. The number of hydrogen-bond donors (Lipinski definition) is 1. The molecule has 0 fully saturated rings. The molecule has 2 amide bonds. The maximum absolute atomic E-state index is 13.7. The second kappa shape index (κ2) is 12.7. The van der Waals surface area contributed by atoms with E-state index in [2.05, 4.69) is 27.3 Å². The maximum Gasteiger partial charge on any atom is 0.261 e. The minimum Gasteiger partial charge on any atom is -0.483 e. The minimum absolute atomic E-state index is 0.0467. The second-order valence-corrected chi connectivity index (χ2v) is 10.4. The zero-order chi connectivity index (χ0) is 26.2. The van der Waals surface area contributed by atoms with Crippen molar-refractivity contribution >= 4 is 27.7 Å². The van der Waals surface area contributed by atoms with Gasteiger partial charge in [0.2, 0.25) is 5.91 Å². The van der Waals surface area contributed by atoms with Crippen molar-refractivity contribution in [3.05, 3.63) is 99.0 Å². The fourth-order valence-electron chi connectivity index (χ4n) is 4.09. The summed E-state index contributed by atoms with van der Waals surface area (Å²) in [6.07, 6.45) is 0.407. The average molecular weight is 552 g/mol. The summed E-state index contributed by atoms with van der Waals surface area (Å²) in [6, 6.07) is 20.9. The molecule has 0 spiro atoms. The van der Waals surface area contributed by atoms with Crippen LogP contribution in [0.15, 0.2) is 71.2 Å². The zero-order valence-electron chi connectivity index (χ0n) is 21.7. The van der Waals surface area contributed by atoms with Crippen molar-refractivity contribution in [2.24, 2.45) is 0 Å². The highest BCUT2D eigenvalue weighted by atomic mass is 79.9. The Kier molecular flexibility index (Phi) is 9.71. The van der Waals surface area contributed by atoms with Gasteiger partial charge in [-0.1, -0.05) is 64.5 Å². The van der Waals surface area contributed by atoms with Gasteiger partial charge in [-0.25, -0.2) is 0 Å². The number of aryl methyl sites for hydroxylation is 2. The van der Waals surface area contributed by atoms with Gasteiger partial charge in [0.05, 0.1) is 0 Å². The summed E-state index contributed by atoms with van der Waals surface area (Å²) < 4.78 is 6.98. The van der Waals surface area contributed by atoms with Crippen LogP contribution in [0.5, 0.6) is 5.75 Å². The molecule has 0 aliphatic rings. The number of amides is 2. The van der Waals surface area contributed by atoms with Crippen LogP contribution in [0, 0.1) is 20.8 Å². The van der Waals surface area contributed by atoms with Gasteiger partial charge in [-0.15, -0.1) is 0 Å². The molecule has 3 rings (SSSR count). The molecule has 0 saturated carbocycles. The molecule has 190 valence electrons. The molecular formula is C30H35BrN2O3. The van der Waals surface area contributed by atoms with Gasteiger partial charge in [0.25, 0.3) is 5.91 Å². The molecule has 0 aromatic heterocycles. The number of nitrogens with one attached hydrogen (secondary N) is 1. The van der Waals surface area contributed by atoms with Crippen molar-refractivity contribution in [3.8, 4) is 5.75 Å². The van der Waals surface area contributed by atoms with Crippen molar-refractivity contribution in [1.29, 1.82) is 0 Å². The Balaban J connectivity index is 1.93. The van der Waals surface area contributed by atoms with Gasteiger partial charge in [-0.3, -0.25) is 9.59 Å². The number of nitrogens with zero attached hydrogens (tertiary/aromatic N) is 1. The minimum atomic E-state index is -0.685. The molecule has 0 heterocycles. The second-order valence-electron chi connectivity index (χ2n) is 9.51. The van der Waals surface area contributed by atoms with Crippen LogP contribution in [0.4, 0.5) is 0 Å². The number of ether oxygens (including phenoxy) is 1. The predicted molar refractivity (Wildman–Crippen MR) is 148 cm³/mol. The summed E-state index contributed by atoms with van der Waals surface area (Å²) in [5.74, 6) is 0.272. The topological polar surface area (TPSA) is 58.6 Å². The third kappa shape index (κ3) is 7.69. The molecule has 0 saturated heterocycles. The number of carbonyl (C=O) groups is 2. The van der Waals surface area contributed by atoms with E-state index >= 15 is 0 Å². The molecule has 0 aliphatic heterocycles. The van der Waals surface area contributed by atoms with Gasteiger partial charge in [-0.05, 0) is 80.6 Å². The van der Waals surface area contributed by atoms with Crippen molar-refractivity contribution in [3.63, 3.8) is 0 Å². The van der Waals surface area contributed by atoms with Crippen LogP contribution in [0.1, 0.15) is 41.7 Å². The molecule has 6 heteroatoms. The van der Waals surface area contributed by atoms with Crippen LogP contribution in [0.2, 0.25) is 0 Å². The summed E-state index contributed by atoms with van der Waals surface area (Å²) >= 11 is 3.47. The van der Waals surface area contributed by atoms with Gasteiger partial charge >= 0.3 is 0 Å². The van der Waals surface area contributed by atoms with E-state index in [0.717, 1.165) is 32.3 Å². The van der Waals surface area contributed by atoms with Gasteiger partial charge in [0, 0.05) is 23.5 Å². The van der Waals surface area contributed by atoms with Crippen LogP contribution >= 0.6 is 15.9 Å². The maximum atomic E-state index is 13.7. The van der Waals surface area contributed by atoms with Gasteiger partial charge in [0.1, 0.15) is 11.8 Å². The highest BCUT2D eigenvalue weighted by molar-refractivity contribution is 9.10. The lowest BCUT2D eigenvalue weighted by Crippen LogP contribution is -2.52. The van der Waals surface area contributed by atoms with E-state index in [4.69, 9.17) is 4.74 Å². The number of benzene rings is 3. The number of carbonyl (C=O) groups excluding carboxylic acids is 2. The first-order valence-corrected chi connectivity index (χ1v) is 13.0. The highest BCUT2D eigenvalue weighted by Gasteiger charge is 2.31. The molecule has 1 atom stereocenters. The Morgan fingerprint density at radius 3 is 2.25 bits per heavy atom. The largest absolute Gasteiger partial charge is 0.483 e. The normalized spacial score (nSPS) is 11.8. The smallest absolute Gasteiger partial charge is 0.261 e. The molecule has 0 radical (unpaired) electrons. The fourth-order valence-corrected chi connectivity index (χ4v) is 4.36. The van der Waals surface area contributed by atoms with E-state index in [9.17, 15) is 9.59 Å². The third-order valence-electron chi connectivity index (χ3n) is 6.08. The molecule has 3 aromatic rings. The summed E-state index contributed by atoms with van der Waals surface area (Å²) in [5.41, 5.74) is 5.12. The Bertz CT molecular complexity index is 1180. The van der Waals surface area contributed by atoms with Crippen molar-refractivity contribution in [2.45, 2.75) is 59.7 Å². The summed E-state index contributed by atoms with van der Waals surface area (Å²) in [4.78, 5) is 28.8. The summed E-state index contributed by atoms with van der Waals surface area (Å²) in [7, 11) is 0. The molecule has 0 bridgehead atoms. The lowest BCUT2D eigenvalue weighted by molar-refractivity contribution is -0.143. The molecule has 1 N–H and O–H groups in total. The van der Waals surface area contributed by atoms with E-state index in [1.165, 1.54) is 0 Å². The van der Waals surface area contributed by atoms with E-state index in [1.807, 2.05) is 95.3 Å². The number of rotatable bonds is 10. The Hall–Kier alpha value is -3.12. The first-order chi connectivity index (χ1) is 17.1. The Labute approximate surface area is 223 Å². The van der Waals surface area contributed by atoms with Crippen LogP contribution in [-0.2, 0) is 22.6 Å². The molecule has 0 unspecified atom stereocenters. The molecule has 0 aliphatic carbocycles. The number of halogens is 1. The summed E-state index contributed by atoms with van der Waals surface area (Å²) in [6.45, 7) is 10.0. The van der Waals surface area contributed by atoms with Crippen molar-refractivity contribution in [1.82, 2.24) is 10.2 Å². The van der Waals surface area contributed by atoms with Gasteiger partial charge < -0.3 is 15.0 Å². The highest BCUT2D eigenvalue weighted by Crippen LogP contribution is 2.24. The third-order valence-corrected chi connectivity index (χ3v) is 6.61. The Morgan fingerprint density at radius 1 is 0.944 bits per heavy atom. The fraction of sp³-hybridized carbons (Fsp3) is 0.333. The van der Waals surface area contributed by atoms with Crippen LogP contribution in [0.3, 0.4) is 0 Å². The molecule has 3 aromatic carbocycles. The van der Waals surface area contributed by atoms with Crippen LogP contribution in [-0.4, -0.2) is 35.4 Å². The van der Waals surface area contributed by atoms with E-state index in [0.29, 0.717) is 18.7 Å². The van der Waals surface area contributed by atoms with E-state index < -0.39 is 6.04 Å². The molecular weight excluding hydrogens is 516 g/mol. The Morgan fingerprint density at radius 2 is 1.61 bits per heavy atom. The zero-order valence-corrected chi connectivity index (χ0v) is 23.3. The monoisotopic (exact) mass is 550 g/mol. The van der Waals surface area contributed by atoms with E-state index in [-0.39, 0.29) is 24.5 Å². The SMILES string of the molecule is Cc1cc(C)c(C)c(OCC(=O)N(Cc2ccc(Br)cc2)[C@@H](Cc2ccccc2)C(=O)NC(C)C)c1. The molecule has 36 heavy (non-hydrogen) atoms. The van der Waals surface area contributed by atoms with E-state index in [1.54, 1.807) is 4.90 Å². The first-order valence-electron chi connectivity index (χ1n) is 12.2. The molecule has 5 nitrogen and oxygen atoms in total. The van der Waals surface area contributed by atoms with Gasteiger partial charge in [-0.2, -0.15) is 0 Å². The first kappa shape index (κ1) is 27.5. The van der Waals surface area contributed by atoms with Crippen LogP contribution in [0.25, 0.3) is 0 Å².